The number of fused-ring (bicyclic) bond motifs is 1. The minimum Gasteiger partial charge on any atom is -0.245 e. The van der Waals surface area contributed by atoms with Crippen LogP contribution >= 0.6 is 11.6 Å². The predicted molar refractivity (Wildman–Crippen MR) is 51.4 cm³/mol. The molecule has 0 bridgehead atoms. The minimum absolute atomic E-state index is 0.184. The smallest absolute Gasteiger partial charge is 0.148 e. The largest absolute Gasteiger partial charge is 0.245 e. The van der Waals surface area contributed by atoms with E-state index in [4.69, 9.17) is 16.9 Å². The Balaban J connectivity index is 2.95. The molecule has 0 fully saturated rings. The Kier molecular flexibility index (Phi) is 2.06. The number of rotatable bonds is 0. The molecule has 0 aliphatic heterocycles. The average Bonchev–Trinajstić information content (AvgIpc) is 2.17. The van der Waals surface area contributed by atoms with Crippen LogP contribution in [0.3, 0.4) is 0 Å². The summed E-state index contributed by atoms with van der Waals surface area (Å²) in [5.41, 5.74) is 0.184. The maximum atomic E-state index is 13.3. The zero-order valence-electron chi connectivity index (χ0n) is 6.96. The Hall–Kier alpha value is -1.66. The van der Waals surface area contributed by atoms with Crippen molar-refractivity contribution in [2.45, 2.75) is 0 Å². The first kappa shape index (κ1) is 8.92. The molecular weight excluding hydrogens is 203 g/mol. The molecular formula is C10H4ClFN2. The van der Waals surface area contributed by atoms with Crippen molar-refractivity contribution in [2.75, 3.05) is 0 Å². The van der Waals surface area contributed by atoms with Crippen molar-refractivity contribution in [3.63, 3.8) is 0 Å². The van der Waals surface area contributed by atoms with Gasteiger partial charge in [-0.15, -0.1) is 0 Å². The van der Waals surface area contributed by atoms with Crippen molar-refractivity contribution in [1.29, 1.82) is 5.26 Å². The summed E-state index contributed by atoms with van der Waals surface area (Å²) in [7, 11) is 0. The molecule has 4 heteroatoms. The SMILES string of the molecule is N#Cc1nccc2c(F)cc(Cl)cc12. The molecule has 14 heavy (non-hydrogen) atoms. The second-order valence-electron chi connectivity index (χ2n) is 2.75. The highest BCUT2D eigenvalue weighted by Gasteiger charge is 2.06. The molecule has 1 aromatic carbocycles. The van der Waals surface area contributed by atoms with Gasteiger partial charge >= 0.3 is 0 Å². The first-order chi connectivity index (χ1) is 6.72. The van der Waals surface area contributed by atoms with Gasteiger partial charge in [-0.3, -0.25) is 0 Å². The summed E-state index contributed by atoms with van der Waals surface area (Å²) in [6, 6.07) is 6.15. The number of hydrogen-bond acceptors (Lipinski definition) is 2. The van der Waals surface area contributed by atoms with Gasteiger partial charge in [-0.2, -0.15) is 5.26 Å². The van der Waals surface area contributed by atoms with Crippen LogP contribution in [0, 0.1) is 17.1 Å². The molecule has 2 rings (SSSR count). The molecule has 0 saturated carbocycles. The number of aromatic nitrogens is 1. The number of hydrogen-bond donors (Lipinski definition) is 0. The van der Waals surface area contributed by atoms with Crippen LogP contribution in [0.25, 0.3) is 10.8 Å². The normalized spacial score (nSPS) is 10.1. The van der Waals surface area contributed by atoms with E-state index in [0.717, 1.165) is 0 Å². The van der Waals surface area contributed by atoms with Crippen molar-refractivity contribution in [1.82, 2.24) is 4.98 Å². The van der Waals surface area contributed by atoms with Crippen molar-refractivity contribution in [2.24, 2.45) is 0 Å². The third-order valence-electron chi connectivity index (χ3n) is 1.90. The van der Waals surface area contributed by atoms with Gasteiger partial charge in [0.1, 0.15) is 17.6 Å². The highest BCUT2D eigenvalue weighted by Crippen LogP contribution is 2.24. The van der Waals surface area contributed by atoms with Crippen molar-refractivity contribution < 1.29 is 4.39 Å². The quantitative estimate of drug-likeness (QED) is 0.665. The van der Waals surface area contributed by atoms with Gasteiger partial charge in [0.15, 0.2) is 0 Å². The third kappa shape index (κ3) is 1.30. The van der Waals surface area contributed by atoms with Crippen LogP contribution in [-0.4, -0.2) is 4.98 Å². The molecule has 0 unspecified atom stereocenters. The van der Waals surface area contributed by atoms with Crippen LogP contribution in [0.4, 0.5) is 4.39 Å². The standard InChI is InChI=1S/C10H4ClFN2/c11-6-3-8-7(9(12)4-6)1-2-14-10(8)5-13/h1-4H. The number of halogens is 2. The lowest BCUT2D eigenvalue weighted by Gasteiger charge is -2.00. The lowest BCUT2D eigenvalue weighted by molar-refractivity contribution is 0.640. The number of nitrogens with zero attached hydrogens (tertiary/aromatic N) is 2. The van der Waals surface area contributed by atoms with Crippen molar-refractivity contribution >= 4 is 22.4 Å². The molecule has 1 aromatic heterocycles. The fraction of sp³-hybridized carbons (Fsp3) is 0. The minimum atomic E-state index is -0.439. The van der Waals surface area contributed by atoms with E-state index in [1.54, 1.807) is 0 Å². The van der Waals surface area contributed by atoms with Gasteiger partial charge in [0.05, 0.1) is 0 Å². The molecule has 2 nitrogen and oxygen atoms in total. The van der Waals surface area contributed by atoms with E-state index in [9.17, 15) is 4.39 Å². The van der Waals surface area contributed by atoms with Crippen LogP contribution in [0.5, 0.6) is 0 Å². The topological polar surface area (TPSA) is 36.7 Å². The summed E-state index contributed by atoms with van der Waals surface area (Å²) in [5.74, 6) is -0.439. The van der Waals surface area contributed by atoms with Crippen LogP contribution in [0.1, 0.15) is 5.69 Å². The van der Waals surface area contributed by atoms with E-state index in [1.165, 1.54) is 24.4 Å². The maximum Gasteiger partial charge on any atom is 0.148 e. The molecule has 0 aliphatic carbocycles. The highest BCUT2D eigenvalue weighted by atomic mass is 35.5. The van der Waals surface area contributed by atoms with Crippen LogP contribution in [0.15, 0.2) is 24.4 Å². The monoisotopic (exact) mass is 206 g/mol. The van der Waals surface area contributed by atoms with E-state index in [2.05, 4.69) is 4.98 Å². The Morgan fingerprint density at radius 2 is 2.14 bits per heavy atom. The highest BCUT2D eigenvalue weighted by molar-refractivity contribution is 6.31. The number of nitriles is 1. The first-order valence-electron chi connectivity index (χ1n) is 3.86. The fourth-order valence-corrected chi connectivity index (χ4v) is 1.50. The third-order valence-corrected chi connectivity index (χ3v) is 2.12. The Labute approximate surface area is 84.6 Å². The predicted octanol–water partition coefficient (Wildman–Crippen LogP) is 2.90. The van der Waals surface area contributed by atoms with Crippen molar-refractivity contribution in [3.8, 4) is 6.07 Å². The van der Waals surface area contributed by atoms with Gasteiger partial charge in [-0.25, -0.2) is 9.37 Å². The molecule has 68 valence electrons. The summed E-state index contributed by atoms with van der Waals surface area (Å²) >= 11 is 5.68. The molecule has 0 atom stereocenters. The Morgan fingerprint density at radius 1 is 1.36 bits per heavy atom. The molecule has 0 spiro atoms. The Morgan fingerprint density at radius 3 is 2.86 bits per heavy atom. The van der Waals surface area contributed by atoms with Gasteiger partial charge in [-0.1, -0.05) is 11.6 Å². The van der Waals surface area contributed by atoms with Crippen LogP contribution < -0.4 is 0 Å². The van der Waals surface area contributed by atoms with Gasteiger partial charge in [0.25, 0.3) is 0 Å². The number of pyridine rings is 1. The molecule has 0 amide bonds. The second-order valence-corrected chi connectivity index (χ2v) is 3.19. The van der Waals surface area contributed by atoms with Gasteiger partial charge in [-0.05, 0) is 18.2 Å². The van der Waals surface area contributed by atoms with Gasteiger partial charge < -0.3 is 0 Å². The van der Waals surface area contributed by atoms with E-state index >= 15 is 0 Å². The molecule has 0 saturated heterocycles. The molecule has 0 N–H and O–H groups in total. The van der Waals surface area contributed by atoms with E-state index < -0.39 is 5.82 Å². The summed E-state index contributed by atoms with van der Waals surface area (Å²) in [5, 5.41) is 9.81. The lowest BCUT2D eigenvalue weighted by Crippen LogP contribution is -1.87. The Bertz CT molecular complexity index is 546. The number of benzene rings is 1. The zero-order valence-corrected chi connectivity index (χ0v) is 7.72. The van der Waals surface area contributed by atoms with E-state index in [1.807, 2.05) is 6.07 Å². The molecule has 0 radical (unpaired) electrons. The molecule has 1 heterocycles. The van der Waals surface area contributed by atoms with Crippen LogP contribution in [0.2, 0.25) is 5.02 Å². The molecule has 0 aliphatic rings. The molecule has 2 aromatic rings. The first-order valence-corrected chi connectivity index (χ1v) is 4.24. The van der Waals surface area contributed by atoms with Gasteiger partial charge in [0.2, 0.25) is 0 Å². The average molecular weight is 207 g/mol. The lowest BCUT2D eigenvalue weighted by atomic mass is 10.1. The summed E-state index contributed by atoms with van der Waals surface area (Å²) in [4.78, 5) is 3.82. The summed E-state index contributed by atoms with van der Waals surface area (Å²) < 4.78 is 13.3. The zero-order chi connectivity index (χ0) is 10.1. The van der Waals surface area contributed by atoms with Crippen LogP contribution in [-0.2, 0) is 0 Å². The fourth-order valence-electron chi connectivity index (χ4n) is 1.30. The van der Waals surface area contributed by atoms with Gasteiger partial charge in [0, 0.05) is 22.0 Å². The maximum absolute atomic E-state index is 13.3. The van der Waals surface area contributed by atoms with E-state index in [-0.39, 0.29) is 10.7 Å². The second kappa shape index (κ2) is 3.24. The summed E-state index contributed by atoms with van der Waals surface area (Å²) in [6.07, 6.45) is 1.40. The van der Waals surface area contributed by atoms with Crippen molar-refractivity contribution in [3.05, 3.63) is 40.9 Å². The summed E-state index contributed by atoms with van der Waals surface area (Å²) in [6.45, 7) is 0. The van der Waals surface area contributed by atoms with E-state index in [0.29, 0.717) is 10.8 Å².